The van der Waals surface area contributed by atoms with Gasteiger partial charge in [0.2, 0.25) is 0 Å². The van der Waals surface area contributed by atoms with Crippen LogP contribution in [0.25, 0.3) is 121 Å². The van der Waals surface area contributed by atoms with Gasteiger partial charge in [0.05, 0.1) is 0 Å². The standard InChI is InChI=1S/C56H34/c1-4-14-35(15-5-1)38-24-26-45-48(30-38)53(49-32-40-20-10-11-21-41(40)43-22-12-13-23-44(43)49)33-52-47-29-28-42(37-18-8-3-9-19-37)55-46-27-25-39(36-16-6-2-7-17-36)31-50(46)54(56(47)55)34-51(45)52/h1-34H. The highest BCUT2D eigenvalue weighted by atomic mass is 14.3. The molecule has 0 bridgehead atoms. The summed E-state index contributed by atoms with van der Waals surface area (Å²) >= 11 is 0. The predicted octanol–water partition coefficient (Wildman–Crippen LogP) is 15.8. The lowest BCUT2D eigenvalue weighted by Crippen LogP contribution is -1.91. The Bertz CT molecular complexity index is 3380. The van der Waals surface area contributed by atoms with E-state index < -0.39 is 0 Å². The quantitative estimate of drug-likeness (QED) is 0.160. The summed E-state index contributed by atoms with van der Waals surface area (Å²) in [7, 11) is 0. The van der Waals surface area contributed by atoms with Crippen molar-refractivity contribution in [3.8, 4) is 66.8 Å². The molecular weight excluding hydrogens is 673 g/mol. The van der Waals surface area contributed by atoms with Crippen molar-refractivity contribution in [2.24, 2.45) is 0 Å². The van der Waals surface area contributed by atoms with Gasteiger partial charge in [-0.15, -0.1) is 0 Å². The molecule has 12 rings (SSSR count). The molecule has 0 aromatic heterocycles. The molecule has 0 fully saturated rings. The molecule has 0 N–H and O–H groups in total. The second kappa shape index (κ2) is 12.1. The fraction of sp³-hybridized carbons (Fsp3) is 0. The summed E-state index contributed by atoms with van der Waals surface area (Å²) in [5, 5.41) is 12.8. The molecule has 0 aliphatic heterocycles. The van der Waals surface area contributed by atoms with Crippen LogP contribution in [0, 0.1) is 0 Å². The number of hydrogen-bond donors (Lipinski definition) is 0. The van der Waals surface area contributed by atoms with Gasteiger partial charge in [-0.05, 0) is 151 Å². The zero-order valence-corrected chi connectivity index (χ0v) is 30.6. The van der Waals surface area contributed by atoms with Gasteiger partial charge in [-0.2, -0.15) is 0 Å². The van der Waals surface area contributed by atoms with Gasteiger partial charge in [-0.25, -0.2) is 0 Å². The van der Waals surface area contributed by atoms with Gasteiger partial charge in [0.25, 0.3) is 0 Å². The molecule has 0 nitrogen and oxygen atoms in total. The molecule has 0 saturated carbocycles. The molecule has 0 unspecified atom stereocenters. The van der Waals surface area contributed by atoms with E-state index in [-0.39, 0.29) is 0 Å². The third kappa shape index (κ3) is 4.60. The first-order valence-corrected chi connectivity index (χ1v) is 19.5. The maximum Gasteiger partial charge on any atom is -0.00137 e. The third-order valence-corrected chi connectivity index (χ3v) is 12.2. The highest BCUT2D eigenvalue weighted by Crippen LogP contribution is 2.55. The van der Waals surface area contributed by atoms with Crippen LogP contribution in [-0.4, -0.2) is 0 Å². The van der Waals surface area contributed by atoms with Crippen molar-refractivity contribution in [1.82, 2.24) is 0 Å². The van der Waals surface area contributed by atoms with Crippen molar-refractivity contribution < 1.29 is 0 Å². The first-order chi connectivity index (χ1) is 27.8. The summed E-state index contributed by atoms with van der Waals surface area (Å²) in [6, 6.07) is 76.6. The Kier molecular flexibility index (Phi) is 6.73. The van der Waals surface area contributed by atoms with Gasteiger partial charge in [-0.1, -0.05) is 176 Å². The molecule has 0 saturated heterocycles. The van der Waals surface area contributed by atoms with Crippen LogP contribution in [0.1, 0.15) is 0 Å². The molecule has 56 heavy (non-hydrogen) atoms. The number of hydrogen-bond acceptors (Lipinski definition) is 0. The molecule has 0 atom stereocenters. The Morgan fingerprint density at radius 1 is 0.196 bits per heavy atom. The Morgan fingerprint density at radius 3 is 1.46 bits per heavy atom. The van der Waals surface area contributed by atoms with Crippen molar-refractivity contribution in [1.29, 1.82) is 0 Å². The van der Waals surface area contributed by atoms with E-state index in [9.17, 15) is 0 Å². The van der Waals surface area contributed by atoms with Crippen LogP contribution >= 0.6 is 0 Å². The largest absolute Gasteiger partial charge is 0.0622 e. The van der Waals surface area contributed by atoms with E-state index in [2.05, 4.69) is 206 Å². The Labute approximate surface area is 325 Å². The first kappa shape index (κ1) is 31.1. The zero-order chi connectivity index (χ0) is 36.7. The molecule has 1 aliphatic rings. The lowest BCUT2D eigenvalue weighted by atomic mass is 9.85. The lowest BCUT2D eigenvalue weighted by molar-refractivity contribution is 1.61. The Hall–Kier alpha value is -7.28. The molecule has 0 amide bonds. The van der Waals surface area contributed by atoms with E-state index in [4.69, 9.17) is 0 Å². The van der Waals surface area contributed by atoms with Crippen molar-refractivity contribution in [2.75, 3.05) is 0 Å². The summed E-state index contributed by atoms with van der Waals surface area (Å²) in [4.78, 5) is 0. The third-order valence-electron chi connectivity index (χ3n) is 12.2. The van der Waals surface area contributed by atoms with Crippen molar-refractivity contribution >= 4 is 53.9 Å². The minimum atomic E-state index is 1.22. The van der Waals surface area contributed by atoms with Crippen LogP contribution in [0.5, 0.6) is 0 Å². The highest BCUT2D eigenvalue weighted by Gasteiger charge is 2.28. The zero-order valence-electron chi connectivity index (χ0n) is 30.6. The average Bonchev–Trinajstić information content (AvgIpc) is 3.60. The van der Waals surface area contributed by atoms with Crippen molar-refractivity contribution in [2.45, 2.75) is 0 Å². The summed E-state index contributed by atoms with van der Waals surface area (Å²) in [5.41, 5.74) is 15.2. The van der Waals surface area contributed by atoms with E-state index in [0.717, 1.165) is 0 Å². The summed E-state index contributed by atoms with van der Waals surface area (Å²) in [6.45, 7) is 0. The van der Waals surface area contributed by atoms with Gasteiger partial charge >= 0.3 is 0 Å². The SMILES string of the molecule is c1ccc(-c2ccc3c(c2)-c2cc4c5ccc(-c6ccccc6)cc5c(-c5cc6ccccc6c6ccccc56)cc4c4ccc(-c5ccccc5)c-3c24)cc1. The maximum absolute atomic E-state index is 2.51. The normalized spacial score (nSPS) is 11.9. The molecule has 0 heterocycles. The summed E-state index contributed by atoms with van der Waals surface area (Å²) < 4.78 is 0. The monoisotopic (exact) mass is 706 g/mol. The van der Waals surface area contributed by atoms with Crippen LogP contribution in [-0.2, 0) is 0 Å². The molecule has 0 spiro atoms. The lowest BCUT2D eigenvalue weighted by Gasteiger charge is -2.18. The van der Waals surface area contributed by atoms with E-state index in [1.807, 2.05) is 0 Å². The van der Waals surface area contributed by atoms with E-state index in [0.29, 0.717) is 0 Å². The number of fused-ring (bicyclic) bond motifs is 10. The summed E-state index contributed by atoms with van der Waals surface area (Å²) in [5.74, 6) is 0. The second-order valence-electron chi connectivity index (χ2n) is 15.2. The first-order valence-electron chi connectivity index (χ1n) is 19.5. The highest BCUT2D eigenvalue weighted by molar-refractivity contribution is 6.31. The van der Waals surface area contributed by atoms with E-state index in [1.54, 1.807) is 0 Å². The van der Waals surface area contributed by atoms with E-state index >= 15 is 0 Å². The minimum Gasteiger partial charge on any atom is -0.0622 e. The molecule has 0 radical (unpaired) electrons. The maximum atomic E-state index is 2.51. The Morgan fingerprint density at radius 2 is 0.714 bits per heavy atom. The van der Waals surface area contributed by atoms with Gasteiger partial charge in [0.15, 0.2) is 0 Å². The molecule has 0 heteroatoms. The number of benzene rings is 11. The van der Waals surface area contributed by atoms with Gasteiger partial charge in [0.1, 0.15) is 0 Å². The minimum absolute atomic E-state index is 1.22. The number of rotatable bonds is 4. The summed E-state index contributed by atoms with van der Waals surface area (Å²) in [6.07, 6.45) is 0. The molecule has 258 valence electrons. The molecule has 11 aromatic rings. The topological polar surface area (TPSA) is 0 Å². The van der Waals surface area contributed by atoms with Gasteiger partial charge in [-0.3, -0.25) is 0 Å². The fourth-order valence-electron chi connectivity index (χ4n) is 9.60. The van der Waals surface area contributed by atoms with Crippen LogP contribution in [0.3, 0.4) is 0 Å². The average molecular weight is 707 g/mol. The predicted molar refractivity (Wildman–Crippen MR) is 240 cm³/mol. The van der Waals surface area contributed by atoms with Gasteiger partial charge in [0, 0.05) is 0 Å². The van der Waals surface area contributed by atoms with E-state index in [1.165, 1.54) is 121 Å². The van der Waals surface area contributed by atoms with Crippen molar-refractivity contribution in [3.05, 3.63) is 206 Å². The second-order valence-corrected chi connectivity index (χ2v) is 15.2. The van der Waals surface area contributed by atoms with Gasteiger partial charge < -0.3 is 0 Å². The Balaban J connectivity index is 1.23. The van der Waals surface area contributed by atoms with Crippen LogP contribution in [0.4, 0.5) is 0 Å². The fourth-order valence-corrected chi connectivity index (χ4v) is 9.60. The molecular formula is C56H34. The molecule has 11 aromatic carbocycles. The smallest absolute Gasteiger partial charge is 0.00137 e. The molecule has 1 aliphatic carbocycles. The van der Waals surface area contributed by atoms with Crippen LogP contribution < -0.4 is 0 Å². The van der Waals surface area contributed by atoms with Crippen LogP contribution in [0.15, 0.2) is 206 Å². The van der Waals surface area contributed by atoms with Crippen molar-refractivity contribution in [3.63, 3.8) is 0 Å². The van der Waals surface area contributed by atoms with Crippen LogP contribution in [0.2, 0.25) is 0 Å².